The number of benzene rings is 1. The van der Waals surface area contributed by atoms with E-state index in [9.17, 15) is 8.78 Å². The summed E-state index contributed by atoms with van der Waals surface area (Å²) in [6.45, 7) is 2.13. The Morgan fingerprint density at radius 1 is 1.12 bits per heavy atom. The lowest BCUT2D eigenvalue weighted by molar-refractivity contribution is 0.341. The average Bonchev–Trinajstić information content (AvgIpc) is 3.44. The largest absolute Gasteiger partial charge is 0.341 e. The number of nitrogens with zero attached hydrogens (tertiary/aromatic N) is 8. The second-order valence-electron chi connectivity index (χ2n) is 8.08. The highest BCUT2D eigenvalue weighted by Gasteiger charge is 2.39. The second-order valence-corrected chi connectivity index (χ2v) is 8.08. The molecule has 4 heterocycles. The lowest BCUT2D eigenvalue weighted by Gasteiger charge is -2.45. The Labute approximate surface area is 182 Å². The molecule has 1 atom stereocenters. The van der Waals surface area contributed by atoms with Crippen LogP contribution in [0.4, 0.5) is 14.6 Å². The molecule has 1 aliphatic carbocycles. The van der Waals surface area contributed by atoms with Gasteiger partial charge >= 0.3 is 0 Å². The highest BCUT2D eigenvalue weighted by molar-refractivity contribution is 5.64. The summed E-state index contributed by atoms with van der Waals surface area (Å²) in [6.07, 6.45) is 10.8. The van der Waals surface area contributed by atoms with E-state index in [-0.39, 0.29) is 17.4 Å². The molecule has 1 unspecified atom stereocenters. The van der Waals surface area contributed by atoms with Crippen LogP contribution < -0.4 is 4.90 Å². The Balaban J connectivity index is 1.52. The summed E-state index contributed by atoms with van der Waals surface area (Å²) in [7, 11) is 0. The molecule has 0 amide bonds. The Morgan fingerprint density at radius 3 is 2.78 bits per heavy atom. The highest BCUT2D eigenvalue weighted by atomic mass is 19.2. The number of rotatable bonds is 4. The van der Waals surface area contributed by atoms with E-state index in [1.165, 1.54) is 24.8 Å². The van der Waals surface area contributed by atoms with Gasteiger partial charge in [-0.25, -0.2) is 18.7 Å². The maximum absolute atomic E-state index is 14.5. The molecule has 6 rings (SSSR count). The summed E-state index contributed by atoms with van der Waals surface area (Å²) in [4.78, 5) is 16.0. The van der Waals surface area contributed by atoms with Gasteiger partial charge in [0.1, 0.15) is 17.8 Å². The van der Waals surface area contributed by atoms with Gasteiger partial charge in [-0.1, -0.05) is 13.0 Å². The first-order valence-electron chi connectivity index (χ1n) is 10.7. The van der Waals surface area contributed by atoms with E-state index in [4.69, 9.17) is 4.98 Å². The minimum absolute atomic E-state index is 0.0553. The van der Waals surface area contributed by atoms with Crippen molar-refractivity contribution in [3.05, 3.63) is 60.6 Å². The molecular weight excluding hydrogens is 414 g/mol. The number of anilines is 1. The van der Waals surface area contributed by atoms with Crippen LogP contribution in [0.15, 0.2) is 43.1 Å². The molecule has 2 aliphatic rings. The van der Waals surface area contributed by atoms with Gasteiger partial charge in [0, 0.05) is 18.4 Å². The summed E-state index contributed by atoms with van der Waals surface area (Å²) in [5, 5.41) is 8.49. The molecule has 8 nitrogen and oxygen atoms in total. The van der Waals surface area contributed by atoms with Gasteiger partial charge in [-0.3, -0.25) is 9.13 Å². The zero-order valence-corrected chi connectivity index (χ0v) is 17.4. The minimum atomic E-state index is -0.950. The third-order valence-corrected chi connectivity index (χ3v) is 6.35. The van der Waals surface area contributed by atoms with Crippen molar-refractivity contribution in [2.75, 3.05) is 4.90 Å². The van der Waals surface area contributed by atoms with Gasteiger partial charge in [-0.05, 0) is 37.8 Å². The van der Waals surface area contributed by atoms with Crippen molar-refractivity contribution in [1.29, 1.82) is 0 Å². The van der Waals surface area contributed by atoms with Crippen LogP contribution in [-0.4, -0.2) is 40.3 Å². The molecule has 1 aromatic carbocycles. The quantitative estimate of drug-likeness (QED) is 0.483. The summed E-state index contributed by atoms with van der Waals surface area (Å²) >= 11 is 0. The zero-order valence-electron chi connectivity index (χ0n) is 17.4. The normalized spacial score (nSPS) is 17.7. The van der Waals surface area contributed by atoms with Gasteiger partial charge in [0.05, 0.1) is 17.8 Å². The molecule has 0 saturated heterocycles. The van der Waals surface area contributed by atoms with E-state index in [1.54, 1.807) is 23.3 Å². The lowest BCUT2D eigenvalue weighted by atomic mass is 9.89. The van der Waals surface area contributed by atoms with Gasteiger partial charge in [0.2, 0.25) is 5.95 Å². The topological polar surface area (TPSA) is 77.5 Å². The fourth-order valence-electron chi connectivity index (χ4n) is 4.57. The monoisotopic (exact) mass is 434 g/mol. The van der Waals surface area contributed by atoms with E-state index in [0.717, 1.165) is 42.7 Å². The summed E-state index contributed by atoms with van der Waals surface area (Å²) in [5.74, 6) is 0.381. The molecule has 162 valence electrons. The molecule has 4 aromatic rings. The maximum Gasteiger partial charge on any atom is 0.237 e. The van der Waals surface area contributed by atoms with E-state index in [2.05, 4.69) is 32.0 Å². The van der Waals surface area contributed by atoms with Crippen LogP contribution in [0.3, 0.4) is 0 Å². The van der Waals surface area contributed by atoms with Crippen LogP contribution in [0.5, 0.6) is 0 Å². The van der Waals surface area contributed by atoms with Crippen molar-refractivity contribution in [2.24, 2.45) is 0 Å². The smallest absolute Gasteiger partial charge is 0.237 e. The van der Waals surface area contributed by atoms with Gasteiger partial charge in [0.25, 0.3) is 0 Å². The Hall–Kier alpha value is -3.69. The molecule has 0 bridgehead atoms. The molecule has 1 fully saturated rings. The lowest BCUT2D eigenvalue weighted by Crippen LogP contribution is -2.46. The van der Waals surface area contributed by atoms with Crippen molar-refractivity contribution < 1.29 is 8.78 Å². The van der Waals surface area contributed by atoms with Crippen LogP contribution >= 0.6 is 0 Å². The van der Waals surface area contributed by atoms with Crippen molar-refractivity contribution in [1.82, 2.24) is 34.3 Å². The number of halogens is 2. The van der Waals surface area contributed by atoms with E-state index in [0.29, 0.717) is 12.0 Å². The predicted molar refractivity (Wildman–Crippen MR) is 113 cm³/mol. The van der Waals surface area contributed by atoms with E-state index >= 15 is 0 Å². The summed E-state index contributed by atoms with van der Waals surface area (Å²) in [5.41, 5.74) is 0.864. The molecule has 1 saturated carbocycles. The van der Waals surface area contributed by atoms with Crippen molar-refractivity contribution in [2.45, 2.75) is 44.7 Å². The first kappa shape index (κ1) is 19.0. The van der Waals surface area contributed by atoms with Gasteiger partial charge in [-0.2, -0.15) is 4.98 Å². The van der Waals surface area contributed by atoms with Crippen molar-refractivity contribution in [3.63, 3.8) is 0 Å². The molecule has 0 radical (unpaired) electrons. The summed E-state index contributed by atoms with van der Waals surface area (Å²) < 4.78 is 31.8. The first-order chi connectivity index (χ1) is 15.7. The molecule has 3 aromatic heterocycles. The fraction of sp³-hybridized carbons (Fsp3) is 0.318. The van der Waals surface area contributed by atoms with Crippen LogP contribution in [0.25, 0.3) is 23.0 Å². The van der Waals surface area contributed by atoms with Gasteiger partial charge in [0.15, 0.2) is 23.3 Å². The summed E-state index contributed by atoms with van der Waals surface area (Å²) in [6, 6.07) is 4.46. The second kappa shape index (κ2) is 7.18. The highest BCUT2D eigenvalue weighted by Crippen LogP contribution is 2.43. The van der Waals surface area contributed by atoms with Gasteiger partial charge < -0.3 is 4.90 Å². The van der Waals surface area contributed by atoms with Crippen molar-refractivity contribution in [3.8, 4) is 23.0 Å². The Bertz CT molecular complexity index is 1310. The van der Waals surface area contributed by atoms with Crippen LogP contribution in [0.2, 0.25) is 0 Å². The van der Waals surface area contributed by atoms with Crippen LogP contribution in [-0.2, 0) is 0 Å². The number of hydrogen-bond donors (Lipinski definition) is 0. The number of imidazole rings is 1. The predicted octanol–water partition coefficient (Wildman–Crippen LogP) is 4.01. The SMILES string of the molecule is CCC1c2nncn2-c2cnc(-n3ccnc3-c3cccc(F)c3F)nc2N1C1CCC1. The average molecular weight is 434 g/mol. The maximum atomic E-state index is 14.5. The van der Waals surface area contributed by atoms with E-state index in [1.807, 2.05) is 4.57 Å². The third kappa shape index (κ3) is 2.68. The molecule has 10 heteroatoms. The molecule has 0 spiro atoms. The molecular formula is C22H20F2N8. The minimum Gasteiger partial charge on any atom is -0.341 e. The molecule has 32 heavy (non-hydrogen) atoms. The Kier molecular flexibility index (Phi) is 4.27. The molecule has 1 aliphatic heterocycles. The third-order valence-electron chi connectivity index (χ3n) is 6.35. The van der Waals surface area contributed by atoms with Gasteiger partial charge in [-0.15, -0.1) is 10.2 Å². The number of hydrogen-bond acceptors (Lipinski definition) is 6. The molecule has 0 N–H and O–H groups in total. The number of aromatic nitrogens is 7. The van der Waals surface area contributed by atoms with Crippen LogP contribution in [0, 0.1) is 11.6 Å². The zero-order chi connectivity index (χ0) is 21.8. The van der Waals surface area contributed by atoms with E-state index < -0.39 is 11.6 Å². The first-order valence-corrected chi connectivity index (χ1v) is 10.7. The van der Waals surface area contributed by atoms with Crippen LogP contribution in [0.1, 0.15) is 44.5 Å². The fourth-order valence-corrected chi connectivity index (χ4v) is 4.57. The number of fused-ring (bicyclic) bond motifs is 3. The standard InChI is InChI=1S/C22H20F2N8/c1-2-16-21-29-27-12-31(21)17-11-26-22(28-20(17)32(16)13-5-3-6-13)30-10-9-25-19(30)14-7-4-8-15(23)18(14)24/h4,7-13,16H,2-3,5-6H2,1H3. The van der Waals surface area contributed by atoms with Crippen molar-refractivity contribution >= 4 is 5.82 Å². The Morgan fingerprint density at radius 2 is 2.00 bits per heavy atom.